The highest BCUT2D eigenvalue weighted by Crippen LogP contribution is 2.32. The van der Waals surface area contributed by atoms with Gasteiger partial charge >= 0.3 is 0 Å². The van der Waals surface area contributed by atoms with Gasteiger partial charge in [0.2, 0.25) is 0 Å². The first-order valence-corrected chi connectivity index (χ1v) is 7.76. The summed E-state index contributed by atoms with van der Waals surface area (Å²) in [5.74, 6) is 0. The molecule has 0 spiro atoms. The van der Waals surface area contributed by atoms with Crippen LogP contribution in [0.4, 0.5) is 11.4 Å². The highest BCUT2D eigenvalue weighted by atomic mass is 14.8. The van der Waals surface area contributed by atoms with Crippen LogP contribution in [0, 0.1) is 0 Å². The van der Waals surface area contributed by atoms with E-state index in [2.05, 4.69) is 29.2 Å². The number of nitrogens with two attached hydrogens (primary N) is 1. The van der Waals surface area contributed by atoms with E-state index in [4.69, 9.17) is 10.7 Å². The number of aliphatic imine (C=N–C) groups is 1. The lowest BCUT2D eigenvalue weighted by Gasteiger charge is -2.17. The zero-order valence-corrected chi connectivity index (χ0v) is 12.7. The molecule has 0 saturated heterocycles. The van der Waals surface area contributed by atoms with Gasteiger partial charge in [0.25, 0.3) is 0 Å². The number of benzene rings is 2. The van der Waals surface area contributed by atoms with Crippen LogP contribution in [-0.2, 0) is 6.42 Å². The first-order chi connectivity index (χ1) is 11.3. The number of nitrogens with zero attached hydrogens (tertiary/aromatic N) is 2. The van der Waals surface area contributed by atoms with Crippen molar-refractivity contribution in [1.82, 2.24) is 4.98 Å². The van der Waals surface area contributed by atoms with E-state index in [1.165, 1.54) is 5.56 Å². The number of aryl methyl sites for hydroxylation is 1. The largest absolute Gasteiger partial charge is 0.399 e. The third-order valence-electron chi connectivity index (χ3n) is 4.21. The summed E-state index contributed by atoms with van der Waals surface area (Å²) in [6, 6.07) is 18.5. The summed E-state index contributed by atoms with van der Waals surface area (Å²) in [5, 5.41) is 0. The van der Waals surface area contributed by atoms with E-state index in [1.54, 1.807) is 6.20 Å². The van der Waals surface area contributed by atoms with Crippen molar-refractivity contribution in [2.24, 2.45) is 4.99 Å². The lowest BCUT2D eigenvalue weighted by Crippen LogP contribution is -2.07. The molecule has 3 heteroatoms. The summed E-state index contributed by atoms with van der Waals surface area (Å²) in [6.45, 7) is 0. The second kappa shape index (κ2) is 5.69. The molecule has 0 fully saturated rings. The van der Waals surface area contributed by atoms with Gasteiger partial charge < -0.3 is 5.73 Å². The van der Waals surface area contributed by atoms with Gasteiger partial charge in [-0.3, -0.25) is 9.98 Å². The first-order valence-electron chi connectivity index (χ1n) is 7.76. The Morgan fingerprint density at radius 1 is 0.826 bits per heavy atom. The molecular formula is C20H17N3. The lowest BCUT2D eigenvalue weighted by atomic mass is 9.95. The van der Waals surface area contributed by atoms with Gasteiger partial charge in [-0.15, -0.1) is 0 Å². The molecule has 2 N–H and O–H groups in total. The fourth-order valence-electron chi connectivity index (χ4n) is 2.93. The minimum atomic E-state index is 0.782. The van der Waals surface area contributed by atoms with Crippen LogP contribution >= 0.6 is 0 Å². The summed E-state index contributed by atoms with van der Waals surface area (Å²) in [6.07, 6.45) is 5.66. The van der Waals surface area contributed by atoms with Crippen molar-refractivity contribution in [1.29, 1.82) is 0 Å². The molecule has 0 unspecified atom stereocenters. The van der Waals surface area contributed by atoms with Crippen LogP contribution < -0.4 is 5.73 Å². The Kier molecular flexibility index (Phi) is 3.39. The van der Waals surface area contributed by atoms with Gasteiger partial charge in [-0.2, -0.15) is 0 Å². The van der Waals surface area contributed by atoms with Crippen molar-refractivity contribution < 1.29 is 0 Å². The fraction of sp³-hybridized carbons (Fsp3) is 0.100. The average molecular weight is 299 g/mol. The number of rotatable bonds is 2. The zero-order valence-electron chi connectivity index (χ0n) is 12.7. The normalized spacial score (nSPS) is 13.3. The predicted octanol–water partition coefficient (Wildman–Crippen LogP) is 4.40. The first kappa shape index (κ1) is 13.7. The van der Waals surface area contributed by atoms with Gasteiger partial charge in [-0.25, -0.2) is 0 Å². The SMILES string of the molecule is Nc1ccc(C2=Nc3cc(-c4cccnc4)ccc3CC2)cc1. The summed E-state index contributed by atoms with van der Waals surface area (Å²) >= 11 is 0. The Morgan fingerprint density at radius 3 is 2.43 bits per heavy atom. The van der Waals surface area contributed by atoms with Gasteiger partial charge in [-0.1, -0.05) is 30.3 Å². The molecular weight excluding hydrogens is 282 g/mol. The standard InChI is InChI=1S/C20H17N3/c21-18-8-5-14(6-9-18)19-10-7-15-3-4-16(12-20(15)23-19)17-2-1-11-22-13-17/h1-6,8-9,11-13H,7,10,21H2. The molecule has 0 bridgehead atoms. The molecule has 1 aromatic heterocycles. The molecule has 2 heterocycles. The van der Waals surface area contributed by atoms with E-state index < -0.39 is 0 Å². The van der Waals surface area contributed by atoms with Crippen LogP contribution in [-0.4, -0.2) is 10.7 Å². The molecule has 3 aromatic rings. The van der Waals surface area contributed by atoms with E-state index in [-0.39, 0.29) is 0 Å². The number of fused-ring (bicyclic) bond motifs is 1. The average Bonchev–Trinajstić information content (AvgIpc) is 2.62. The van der Waals surface area contributed by atoms with Crippen molar-refractivity contribution in [3.05, 3.63) is 78.1 Å². The molecule has 0 amide bonds. The van der Waals surface area contributed by atoms with E-state index in [9.17, 15) is 0 Å². The van der Waals surface area contributed by atoms with Crippen molar-refractivity contribution in [3.8, 4) is 11.1 Å². The van der Waals surface area contributed by atoms with E-state index in [1.807, 2.05) is 36.5 Å². The minimum Gasteiger partial charge on any atom is -0.399 e. The van der Waals surface area contributed by atoms with Gasteiger partial charge in [0.05, 0.1) is 5.69 Å². The maximum Gasteiger partial charge on any atom is 0.0671 e. The molecule has 23 heavy (non-hydrogen) atoms. The molecule has 2 aromatic carbocycles. The maximum absolute atomic E-state index is 5.77. The molecule has 0 atom stereocenters. The highest BCUT2D eigenvalue weighted by Gasteiger charge is 2.14. The predicted molar refractivity (Wildman–Crippen MR) is 95.0 cm³/mol. The van der Waals surface area contributed by atoms with Crippen LogP contribution in [0.3, 0.4) is 0 Å². The molecule has 1 aliphatic rings. The molecule has 112 valence electrons. The fourth-order valence-corrected chi connectivity index (χ4v) is 2.93. The molecule has 1 aliphatic heterocycles. The van der Waals surface area contributed by atoms with E-state index in [0.717, 1.165) is 46.6 Å². The quantitative estimate of drug-likeness (QED) is 0.713. The van der Waals surface area contributed by atoms with Gasteiger partial charge in [0.1, 0.15) is 0 Å². The van der Waals surface area contributed by atoms with E-state index in [0.29, 0.717) is 0 Å². The molecule has 0 radical (unpaired) electrons. The second-order valence-electron chi connectivity index (χ2n) is 5.77. The van der Waals surface area contributed by atoms with Gasteiger partial charge in [0, 0.05) is 29.4 Å². The number of nitrogen functional groups attached to an aromatic ring is 1. The third kappa shape index (κ3) is 2.73. The third-order valence-corrected chi connectivity index (χ3v) is 4.21. The molecule has 3 nitrogen and oxygen atoms in total. The smallest absolute Gasteiger partial charge is 0.0671 e. The number of anilines is 1. The summed E-state index contributed by atoms with van der Waals surface area (Å²) in [5.41, 5.74) is 13.5. The minimum absolute atomic E-state index is 0.782. The lowest BCUT2D eigenvalue weighted by molar-refractivity contribution is 1.01. The zero-order chi connectivity index (χ0) is 15.6. The number of hydrogen-bond acceptors (Lipinski definition) is 3. The summed E-state index contributed by atoms with van der Waals surface area (Å²) in [4.78, 5) is 9.08. The number of hydrogen-bond donors (Lipinski definition) is 1. The second-order valence-corrected chi connectivity index (χ2v) is 5.77. The van der Waals surface area contributed by atoms with Crippen molar-refractivity contribution in [2.75, 3.05) is 5.73 Å². The van der Waals surface area contributed by atoms with Crippen LogP contribution in [0.25, 0.3) is 11.1 Å². The topological polar surface area (TPSA) is 51.3 Å². The van der Waals surface area contributed by atoms with Gasteiger partial charge in [0.15, 0.2) is 0 Å². The Balaban J connectivity index is 1.74. The monoisotopic (exact) mass is 299 g/mol. The Hall–Kier alpha value is -2.94. The number of aromatic nitrogens is 1. The molecule has 0 aliphatic carbocycles. The van der Waals surface area contributed by atoms with Crippen molar-refractivity contribution in [3.63, 3.8) is 0 Å². The van der Waals surface area contributed by atoms with Gasteiger partial charge in [-0.05, 0) is 53.8 Å². The number of pyridine rings is 1. The van der Waals surface area contributed by atoms with Crippen LogP contribution in [0.5, 0.6) is 0 Å². The molecule has 4 rings (SSSR count). The molecule has 0 saturated carbocycles. The summed E-state index contributed by atoms with van der Waals surface area (Å²) < 4.78 is 0. The van der Waals surface area contributed by atoms with Crippen LogP contribution in [0.2, 0.25) is 0 Å². The van der Waals surface area contributed by atoms with Crippen LogP contribution in [0.1, 0.15) is 17.5 Å². The maximum atomic E-state index is 5.77. The van der Waals surface area contributed by atoms with Crippen molar-refractivity contribution >= 4 is 17.1 Å². The highest BCUT2D eigenvalue weighted by molar-refractivity contribution is 6.03. The van der Waals surface area contributed by atoms with Crippen LogP contribution in [0.15, 0.2) is 72.0 Å². The Bertz CT molecular complexity index is 865. The van der Waals surface area contributed by atoms with Crippen molar-refractivity contribution in [2.45, 2.75) is 12.8 Å². The summed E-state index contributed by atoms with van der Waals surface area (Å²) in [7, 11) is 0. The van der Waals surface area contributed by atoms with E-state index >= 15 is 0 Å². The Labute approximate surface area is 135 Å². The Morgan fingerprint density at radius 2 is 1.65 bits per heavy atom.